The summed E-state index contributed by atoms with van der Waals surface area (Å²) in [6, 6.07) is 0. The lowest BCUT2D eigenvalue weighted by atomic mass is 9.80. The number of carbonyl (C=O) groups excluding carboxylic acids is 1. The van der Waals surface area contributed by atoms with Gasteiger partial charge in [0.2, 0.25) is 0 Å². The summed E-state index contributed by atoms with van der Waals surface area (Å²) in [5.74, 6) is 0.205. The number of nitrogens with one attached hydrogen (secondary N) is 1. The molecule has 0 aromatic rings. The zero-order chi connectivity index (χ0) is 9.90. The van der Waals surface area contributed by atoms with Gasteiger partial charge in [0.25, 0.3) is 0 Å². The van der Waals surface area contributed by atoms with Gasteiger partial charge in [-0.1, -0.05) is 0 Å². The lowest BCUT2D eigenvalue weighted by Gasteiger charge is -2.40. The van der Waals surface area contributed by atoms with Gasteiger partial charge in [-0.3, -0.25) is 4.79 Å². The molecule has 0 amide bonds. The molecule has 1 rings (SSSR count). The van der Waals surface area contributed by atoms with E-state index in [0.29, 0.717) is 18.9 Å². The lowest BCUT2D eigenvalue weighted by Crippen LogP contribution is -2.59. The number of ether oxygens (including phenoxy) is 1. The van der Waals surface area contributed by atoms with Crippen LogP contribution in [0.5, 0.6) is 0 Å². The zero-order valence-electron chi connectivity index (χ0n) is 8.30. The highest BCUT2D eigenvalue weighted by Crippen LogP contribution is 2.22. The summed E-state index contributed by atoms with van der Waals surface area (Å²) < 4.78 is 4.86. The molecule has 0 aromatic carbocycles. The molecule has 4 heteroatoms. The molecule has 1 saturated heterocycles. The maximum Gasteiger partial charge on any atom is 0.307 e. The van der Waals surface area contributed by atoms with Crippen molar-refractivity contribution in [2.45, 2.75) is 25.8 Å². The third-order valence-electron chi connectivity index (χ3n) is 2.54. The summed E-state index contributed by atoms with van der Waals surface area (Å²) in [6.45, 7) is 5.96. The molecule has 4 nitrogen and oxygen atoms in total. The molecular formula is C9H18N2O2. The van der Waals surface area contributed by atoms with E-state index in [1.807, 2.05) is 6.92 Å². The van der Waals surface area contributed by atoms with Crippen LogP contribution in [0.1, 0.15) is 20.3 Å². The largest absolute Gasteiger partial charge is 0.466 e. The Morgan fingerprint density at radius 1 is 1.69 bits per heavy atom. The molecule has 3 N–H and O–H groups in total. The number of hydrogen-bond donors (Lipinski definition) is 2. The van der Waals surface area contributed by atoms with Crippen LogP contribution in [-0.4, -0.2) is 31.2 Å². The molecule has 1 atom stereocenters. The Morgan fingerprint density at radius 3 is 2.69 bits per heavy atom. The molecule has 0 radical (unpaired) electrons. The Bertz CT molecular complexity index is 188. The Kier molecular flexibility index (Phi) is 3.27. The first kappa shape index (κ1) is 10.5. The molecule has 0 aromatic heterocycles. The van der Waals surface area contributed by atoms with Crippen molar-refractivity contribution in [1.82, 2.24) is 5.32 Å². The number of carbonyl (C=O) groups is 1. The van der Waals surface area contributed by atoms with Crippen molar-refractivity contribution in [3.63, 3.8) is 0 Å². The minimum atomic E-state index is -0.419. The fourth-order valence-electron chi connectivity index (χ4n) is 1.42. The summed E-state index contributed by atoms with van der Waals surface area (Å²) >= 11 is 0. The van der Waals surface area contributed by atoms with E-state index in [1.165, 1.54) is 0 Å². The van der Waals surface area contributed by atoms with Gasteiger partial charge in [-0.05, 0) is 13.8 Å². The topological polar surface area (TPSA) is 64.3 Å². The third-order valence-corrected chi connectivity index (χ3v) is 2.54. The number of hydrogen-bond acceptors (Lipinski definition) is 4. The maximum absolute atomic E-state index is 11.2. The Hall–Kier alpha value is -0.610. The minimum Gasteiger partial charge on any atom is -0.466 e. The molecule has 0 saturated carbocycles. The van der Waals surface area contributed by atoms with Crippen LogP contribution in [0.25, 0.3) is 0 Å². The first-order chi connectivity index (χ1) is 6.06. The molecule has 0 aliphatic carbocycles. The number of rotatable bonds is 4. The number of esters is 1. The summed E-state index contributed by atoms with van der Waals surface area (Å²) in [6.07, 6.45) is 0.313. The molecule has 0 spiro atoms. The van der Waals surface area contributed by atoms with E-state index in [2.05, 4.69) is 5.32 Å². The molecule has 13 heavy (non-hydrogen) atoms. The second kappa shape index (κ2) is 4.07. The van der Waals surface area contributed by atoms with E-state index in [0.717, 1.165) is 13.1 Å². The van der Waals surface area contributed by atoms with Crippen LogP contribution >= 0.6 is 0 Å². The van der Waals surface area contributed by atoms with Crippen LogP contribution in [0.4, 0.5) is 0 Å². The van der Waals surface area contributed by atoms with E-state index in [9.17, 15) is 4.79 Å². The molecule has 76 valence electrons. The van der Waals surface area contributed by atoms with Crippen molar-refractivity contribution in [1.29, 1.82) is 0 Å². The van der Waals surface area contributed by atoms with Crippen LogP contribution < -0.4 is 11.1 Å². The molecule has 1 aliphatic rings. The van der Waals surface area contributed by atoms with E-state index >= 15 is 0 Å². The van der Waals surface area contributed by atoms with Crippen molar-refractivity contribution in [2.24, 2.45) is 11.7 Å². The predicted octanol–water partition coefficient (Wildman–Crippen LogP) is -0.124. The average Bonchev–Trinajstić information content (AvgIpc) is 1.79. The Labute approximate surface area is 78.8 Å². The van der Waals surface area contributed by atoms with E-state index < -0.39 is 5.54 Å². The first-order valence-electron chi connectivity index (χ1n) is 4.71. The number of nitrogens with two attached hydrogens (primary N) is 1. The standard InChI is InChI=1S/C9H18N2O2/c1-3-13-8(12)4-9(2,10)7-5-11-6-7/h7,11H,3-6,10H2,1-2H3. The van der Waals surface area contributed by atoms with Gasteiger partial charge in [-0.15, -0.1) is 0 Å². The first-order valence-corrected chi connectivity index (χ1v) is 4.71. The van der Waals surface area contributed by atoms with Gasteiger partial charge in [0.15, 0.2) is 0 Å². The second-order valence-corrected chi connectivity index (χ2v) is 3.84. The van der Waals surface area contributed by atoms with Gasteiger partial charge in [-0.2, -0.15) is 0 Å². The third kappa shape index (κ3) is 2.67. The van der Waals surface area contributed by atoms with Crippen LogP contribution in [-0.2, 0) is 9.53 Å². The summed E-state index contributed by atoms with van der Waals surface area (Å²) in [7, 11) is 0. The highest BCUT2D eigenvalue weighted by atomic mass is 16.5. The maximum atomic E-state index is 11.2. The van der Waals surface area contributed by atoms with Crippen molar-refractivity contribution in [3.8, 4) is 0 Å². The van der Waals surface area contributed by atoms with Gasteiger partial charge in [-0.25, -0.2) is 0 Å². The smallest absolute Gasteiger partial charge is 0.307 e. The van der Waals surface area contributed by atoms with Crippen LogP contribution in [0.2, 0.25) is 0 Å². The lowest BCUT2D eigenvalue weighted by molar-refractivity contribution is -0.145. The van der Waals surface area contributed by atoms with E-state index in [1.54, 1.807) is 6.92 Å². The summed E-state index contributed by atoms with van der Waals surface area (Å²) in [5, 5.41) is 3.14. The predicted molar refractivity (Wildman–Crippen MR) is 50.2 cm³/mol. The van der Waals surface area contributed by atoms with E-state index in [4.69, 9.17) is 10.5 Å². The van der Waals surface area contributed by atoms with Crippen molar-refractivity contribution in [3.05, 3.63) is 0 Å². The summed E-state index contributed by atoms with van der Waals surface area (Å²) in [5.41, 5.74) is 5.59. The Balaban J connectivity index is 2.36. The Morgan fingerprint density at radius 2 is 2.31 bits per heavy atom. The fraction of sp³-hybridized carbons (Fsp3) is 0.889. The average molecular weight is 186 g/mol. The molecule has 1 fully saturated rings. The van der Waals surface area contributed by atoms with E-state index in [-0.39, 0.29) is 5.97 Å². The van der Waals surface area contributed by atoms with Gasteiger partial charge in [0, 0.05) is 24.5 Å². The molecule has 1 unspecified atom stereocenters. The molecule has 1 heterocycles. The highest BCUT2D eigenvalue weighted by molar-refractivity contribution is 5.70. The molecule has 0 bridgehead atoms. The van der Waals surface area contributed by atoms with Gasteiger partial charge in [0.1, 0.15) is 0 Å². The van der Waals surface area contributed by atoms with Crippen molar-refractivity contribution >= 4 is 5.97 Å². The van der Waals surface area contributed by atoms with Crippen LogP contribution in [0.3, 0.4) is 0 Å². The molecule has 1 aliphatic heterocycles. The quantitative estimate of drug-likeness (QED) is 0.601. The van der Waals surface area contributed by atoms with Gasteiger partial charge >= 0.3 is 5.97 Å². The molecular weight excluding hydrogens is 168 g/mol. The van der Waals surface area contributed by atoms with Gasteiger partial charge in [0.05, 0.1) is 13.0 Å². The van der Waals surface area contributed by atoms with Crippen molar-refractivity contribution in [2.75, 3.05) is 19.7 Å². The fourth-order valence-corrected chi connectivity index (χ4v) is 1.42. The van der Waals surface area contributed by atoms with Gasteiger partial charge < -0.3 is 15.8 Å². The minimum absolute atomic E-state index is 0.195. The summed E-state index contributed by atoms with van der Waals surface area (Å²) in [4.78, 5) is 11.2. The normalized spacial score (nSPS) is 21.8. The van der Waals surface area contributed by atoms with Crippen molar-refractivity contribution < 1.29 is 9.53 Å². The SMILES string of the molecule is CCOC(=O)CC(C)(N)C1CNC1. The van der Waals surface area contributed by atoms with Crippen LogP contribution in [0.15, 0.2) is 0 Å². The second-order valence-electron chi connectivity index (χ2n) is 3.84. The monoisotopic (exact) mass is 186 g/mol. The highest BCUT2D eigenvalue weighted by Gasteiger charge is 2.36. The van der Waals surface area contributed by atoms with Crippen LogP contribution in [0, 0.1) is 5.92 Å². The zero-order valence-corrected chi connectivity index (χ0v) is 8.30.